The molecule has 0 unspecified atom stereocenters. The van der Waals surface area contributed by atoms with Crippen molar-refractivity contribution in [1.82, 2.24) is 5.32 Å². The fraction of sp³-hybridized carbons (Fsp3) is 0.316. The van der Waals surface area contributed by atoms with Gasteiger partial charge in [0.25, 0.3) is 5.69 Å². The van der Waals surface area contributed by atoms with Gasteiger partial charge >= 0.3 is 0 Å². The molecule has 9 heteroatoms. The number of para-hydroxylation sites is 2. The summed E-state index contributed by atoms with van der Waals surface area (Å²) in [5.74, 6) is 1.85. The number of nitro benzene ring substituents is 1. The van der Waals surface area contributed by atoms with Crippen molar-refractivity contribution in [3.8, 4) is 11.5 Å². The Balaban J connectivity index is 2.00. The lowest BCUT2D eigenvalue weighted by Crippen LogP contribution is -2.31. The smallest absolute Gasteiger partial charge is 0.292 e. The molecule has 0 saturated heterocycles. The number of rotatable bonds is 9. The number of ether oxygens (including phenoxy) is 2. The van der Waals surface area contributed by atoms with Crippen LogP contribution in [0.3, 0.4) is 0 Å². The van der Waals surface area contributed by atoms with Crippen molar-refractivity contribution in [3.63, 3.8) is 0 Å². The van der Waals surface area contributed by atoms with Gasteiger partial charge in [0.2, 0.25) is 0 Å². The first-order chi connectivity index (χ1) is 13.6. The standard InChI is InChI=1S/C19H25N5O4/c1-4-20-19(23-14-9-10-17(27-2)18(13-14)28-3)22-12-11-21-15-7-5-6-8-16(15)24(25)26/h5-10,13,21H,4,11-12H2,1-3H3,(H2,20,22,23). The zero-order valence-corrected chi connectivity index (χ0v) is 16.2. The van der Waals surface area contributed by atoms with E-state index in [4.69, 9.17) is 9.47 Å². The van der Waals surface area contributed by atoms with E-state index in [1.54, 1.807) is 38.5 Å². The van der Waals surface area contributed by atoms with Crippen molar-refractivity contribution >= 4 is 23.0 Å². The van der Waals surface area contributed by atoms with Gasteiger partial charge in [-0.1, -0.05) is 12.1 Å². The highest BCUT2D eigenvalue weighted by atomic mass is 16.6. The summed E-state index contributed by atoms with van der Waals surface area (Å²) in [5.41, 5.74) is 1.31. The zero-order chi connectivity index (χ0) is 20.4. The molecule has 0 atom stereocenters. The lowest BCUT2D eigenvalue weighted by atomic mass is 10.2. The predicted molar refractivity (Wildman–Crippen MR) is 111 cm³/mol. The number of nitrogens with zero attached hydrogens (tertiary/aromatic N) is 2. The fourth-order valence-electron chi connectivity index (χ4n) is 2.50. The molecule has 0 bridgehead atoms. The average molecular weight is 387 g/mol. The highest BCUT2D eigenvalue weighted by Gasteiger charge is 2.11. The molecular weight excluding hydrogens is 362 g/mol. The van der Waals surface area contributed by atoms with Crippen LogP contribution in [0.4, 0.5) is 17.1 Å². The third kappa shape index (κ3) is 5.76. The summed E-state index contributed by atoms with van der Waals surface area (Å²) in [6, 6.07) is 12.0. The van der Waals surface area contributed by atoms with Crippen LogP contribution in [0, 0.1) is 10.1 Å². The van der Waals surface area contributed by atoms with E-state index in [1.807, 2.05) is 19.1 Å². The Morgan fingerprint density at radius 2 is 1.89 bits per heavy atom. The maximum atomic E-state index is 11.0. The summed E-state index contributed by atoms with van der Waals surface area (Å²) in [6.07, 6.45) is 0. The maximum Gasteiger partial charge on any atom is 0.292 e. The Hall–Kier alpha value is -3.49. The third-order valence-electron chi connectivity index (χ3n) is 3.79. The van der Waals surface area contributed by atoms with E-state index >= 15 is 0 Å². The van der Waals surface area contributed by atoms with Crippen molar-refractivity contribution in [1.29, 1.82) is 0 Å². The van der Waals surface area contributed by atoms with Gasteiger partial charge in [0.15, 0.2) is 17.5 Å². The summed E-state index contributed by atoms with van der Waals surface area (Å²) in [7, 11) is 3.16. The number of guanidine groups is 1. The summed E-state index contributed by atoms with van der Waals surface area (Å²) >= 11 is 0. The number of anilines is 2. The molecule has 0 spiro atoms. The molecule has 0 radical (unpaired) electrons. The van der Waals surface area contributed by atoms with Crippen LogP contribution in [0.1, 0.15) is 6.92 Å². The Morgan fingerprint density at radius 3 is 2.57 bits per heavy atom. The summed E-state index contributed by atoms with van der Waals surface area (Å²) in [4.78, 5) is 15.1. The molecule has 28 heavy (non-hydrogen) atoms. The second kappa shape index (κ2) is 10.6. The number of benzene rings is 2. The quantitative estimate of drug-likeness (QED) is 0.199. The van der Waals surface area contributed by atoms with E-state index in [1.165, 1.54) is 6.07 Å². The first-order valence-corrected chi connectivity index (χ1v) is 8.83. The molecule has 2 rings (SSSR count). The topological polar surface area (TPSA) is 110 Å². The van der Waals surface area contributed by atoms with Gasteiger partial charge in [-0.2, -0.15) is 0 Å². The monoisotopic (exact) mass is 387 g/mol. The minimum atomic E-state index is -0.408. The van der Waals surface area contributed by atoms with Crippen LogP contribution < -0.4 is 25.4 Å². The summed E-state index contributed by atoms with van der Waals surface area (Å²) in [6.45, 7) is 3.54. The first-order valence-electron chi connectivity index (χ1n) is 8.83. The largest absolute Gasteiger partial charge is 0.493 e. The van der Waals surface area contributed by atoms with Crippen LogP contribution in [-0.2, 0) is 0 Å². The van der Waals surface area contributed by atoms with E-state index in [0.29, 0.717) is 42.8 Å². The first kappa shape index (κ1) is 20.8. The molecule has 0 aromatic heterocycles. The normalized spacial score (nSPS) is 10.9. The Labute approximate surface area is 163 Å². The SMILES string of the molecule is CCNC(=NCCNc1ccccc1[N+](=O)[O-])Nc1ccc(OC)c(OC)c1. The number of hydrogen-bond acceptors (Lipinski definition) is 6. The van der Waals surface area contributed by atoms with Crippen LogP contribution in [0.25, 0.3) is 0 Å². The molecule has 0 aliphatic heterocycles. The van der Waals surface area contributed by atoms with Gasteiger partial charge in [-0.3, -0.25) is 15.1 Å². The van der Waals surface area contributed by atoms with Crippen molar-refractivity contribution < 1.29 is 14.4 Å². The number of nitrogens with one attached hydrogen (secondary N) is 3. The van der Waals surface area contributed by atoms with E-state index in [2.05, 4.69) is 20.9 Å². The second-order valence-electron chi connectivity index (χ2n) is 5.66. The maximum absolute atomic E-state index is 11.0. The number of hydrogen-bond donors (Lipinski definition) is 3. The molecule has 150 valence electrons. The van der Waals surface area contributed by atoms with Crippen LogP contribution in [0.15, 0.2) is 47.5 Å². The van der Waals surface area contributed by atoms with E-state index in [-0.39, 0.29) is 5.69 Å². The minimum absolute atomic E-state index is 0.0434. The van der Waals surface area contributed by atoms with Gasteiger partial charge < -0.3 is 25.4 Å². The molecule has 9 nitrogen and oxygen atoms in total. The van der Waals surface area contributed by atoms with Crippen LogP contribution in [0.2, 0.25) is 0 Å². The fourth-order valence-corrected chi connectivity index (χ4v) is 2.50. The molecule has 0 fully saturated rings. The second-order valence-corrected chi connectivity index (χ2v) is 5.66. The highest BCUT2D eigenvalue weighted by Crippen LogP contribution is 2.29. The molecule has 2 aromatic carbocycles. The van der Waals surface area contributed by atoms with Gasteiger partial charge in [-0.05, 0) is 25.1 Å². The Morgan fingerprint density at radius 1 is 1.14 bits per heavy atom. The van der Waals surface area contributed by atoms with Gasteiger partial charge in [0.1, 0.15) is 5.69 Å². The average Bonchev–Trinajstić information content (AvgIpc) is 2.71. The van der Waals surface area contributed by atoms with Crippen LogP contribution in [0.5, 0.6) is 11.5 Å². The molecular formula is C19H25N5O4. The van der Waals surface area contributed by atoms with Gasteiger partial charge in [-0.15, -0.1) is 0 Å². The van der Waals surface area contributed by atoms with Gasteiger partial charge in [0.05, 0.1) is 25.7 Å². The zero-order valence-electron chi connectivity index (χ0n) is 16.2. The predicted octanol–water partition coefficient (Wildman–Crippen LogP) is 3.10. The molecule has 0 amide bonds. The lowest BCUT2D eigenvalue weighted by Gasteiger charge is -2.14. The van der Waals surface area contributed by atoms with Gasteiger partial charge in [0, 0.05) is 30.9 Å². The van der Waals surface area contributed by atoms with Gasteiger partial charge in [-0.25, -0.2) is 0 Å². The minimum Gasteiger partial charge on any atom is -0.493 e. The van der Waals surface area contributed by atoms with E-state index in [0.717, 1.165) is 5.69 Å². The Kier molecular flexibility index (Phi) is 7.89. The van der Waals surface area contributed by atoms with Crippen LogP contribution in [-0.4, -0.2) is 44.7 Å². The van der Waals surface area contributed by atoms with Crippen LogP contribution >= 0.6 is 0 Å². The van der Waals surface area contributed by atoms with E-state index in [9.17, 15) is 10.1 Å². The van der Waals surface area contributed by atoms with Crippen molar-refractivity contribution in [2.24, 2.45) is 4.99 Å². The van der Waals surface area contributed by atoms with Crippen molar-refractivity contribution in [2.45, 2.75) is 6.92 Å². The number of methoxy groups -OCH3 is 2. The highest BCUT2D eigenvalue weighted by molar-refractivity contribution is 5.93. The third-order valence-corrected chi connectivity index (χ3v) is 3.79. The molecule has 3 N–H and O–H groups in total. The molecule has 0 aliphatic rings. The summed E-state index contributed by atoms with van der Waals surface area (Å²) < 4.78 is 10.5. The molecule has 0 aliphatic carbocycles. The molecule has 2 aromatic rings. The Bertz CT molecular complexity index is 826. The van der Waals surface area contributed by atoms with Crippen molar-refractivity contribution in [3.05, 3.63) is 52.6 Å². The summed E-state index contributed by atoms with van der Waals surface area (Å²) in [5, 5.41) is 20.5. The van der Waals surface area contributed by atoms with E-state index < -0.39 is 4.92 Å². The molecule has 0 saturated carbocycles. The lowest BCUT2D eigenvalue weighted by molar-refractivity contribution is -0.384. The van der Waals surface area contributed by atoms with Crippen molar-refractivity contribution in [2.75, 3.05) is 44.5 Å². The number of aliphatic imine (C=N–C) groups is 1. The number of nitro groups is 1. The molecule has 0 heterocycles.